The molecule has 0 unspecified atom stereocenters. The predicted octanol–water partition coefficient (Wildman–Crippen LogP) is 2.64. The van der Waals surface area contributed by atoms with Gasteiger partial charge in [0.2, 0.25) is 0 Å². The summed E-state index contributed by atoms with van der Waals surface area (Å²) in [5.74, 6) is 0.102. The van der Waals surface area contributed by atoms with Crippen molar-refractivity contribution in [2.24, 2.45) is 4.99 Å². The van der Waals surface area contributed by atoms with E-state index in [1.165, 1.54) is 0 Å². The summed E-state index contributed by atoms with van der Waals surface area (Å²) < 4.78 is 9.53. The summed E-state index contributed by atoms with van der Waals surface area (Å²) in [6, 6.07) is 7.23. The smallest absolute Gasteiger partial charge is 0.435 e. The van der Waals surface area contributed by atoms with Crippen molar-refractivity contribution in [1.29, 1.82) is 0 Å². The van der Waals surface area contributed by atoms with Crippen LogP contribution in [-0.2, 0) is 9.47 Å². The average Bonchev–Trinajstić information content (AvgIpc) is 2.38. The number of aryl methyl sites for hydroxylation is 1. The maximum absolute atomic E-state index is 11.5. The Morgan fingerprint density at radius 3 is 2.50 bits per heavy atom. The number of benzene rings is 1. The van der Waals surface area contributed by atoms with Crippen LogP contribution in [0.1, 0.15) is 25.0 Å². The molecule has 1 rings (SSSR count). The minimum atomic E-state index is -0.763. The molecule has 0 aromatic heterocycles. The van der Waals surface area contributed by atoms with Gasteiger partial charge < -0.3 is 9.47 Å². The van der Waals surface area contributed by atoms with Crippen molar-refractivity contribution in [3.63, 3.8) is 0 Å². The van der Waals surface area contributed by atoms with E-state index in [2.05, 4.69) is 10.3 Å². The molecule has 0 saturated heterocycles. The molecule has 0 saturated carbocycles. The third kappa shape index (κ3) is 5.09. The number of amides is 2. The van der Waals surface area contributed by atoms with Crippen molar-refractivity contribution in [2.75, 3.05) is 13.2 Å². The van der Waals surface area contributed by atoms with Gasteiger partial charge in [0.1, 0.15) is 5.84 Å². The molecule has 20 heavy (non-hydrogen) atoms. The Hall–Kier alpha value is -2.37. The van der Waals surface area contributed by atoms with Crippen molar-refractivity contribution in [3.05, 3.63) is 35.4 Å². The van der Waals surface area contributed by atoms with Gasteiger partial charge in [0, 0.05) is 5.56 Å². The molecule has 1 aromatic carbocycles. The number of nitrogens with one attached hydrogen (secondary N) is 1. The van der Waals surface area contributed by atoms with Crippen molar-refractivity contribution in [3.8, 4) is 0 Å². The van der Waals surface area contributed by atoms with Gasteiger partial charge in [-0.3, -0.25) is 5.32 Å². The molecule has 0 atom stereocenters. The molecular weight excluding hydrogens is 260 g/mol. The molecule has 108 valence electrons. The first kappa shape index (κ1) is 15.7. The number of aliphatic imine (C=N–C) groups is 1. The van der Waals surface area contributed by atoms with Crippen LogP contribution in [0.2, 0.25) is 0 Å². The largest absolute Gasteiger partial charge is 0.450 e. The van der Waals surface area contributed by atoms with Gasteiger partial charge in [-0.05, 0) is 26.8 Å². The van der Waals surface area contributed by atoms with Gasteiger partial charge in [0.15, 0.2) is 0 Å². The van der Waals surface area contributed by atoms with Gasteiger partial charge in [0.25, 0.3) is 0 Å². The Morgan fingerprint density at radius 1 is 1.20 bits per heavy atom. The molecule has 0 fully saturated rings. The van der Waals surface area contributed by atoms with Crippen molar-refractivity contribution in [2.45, 2.75) is 20.8 Å². The zero-order chi connectivity index (χ0) is 15.0. The number of hydrogen-bond acceptors (Lipinski definition) is 4. The monoisotopic (exact) mass is 278 g/mol. The quantitative estimate of drug-likeness (QED) is 0.681. The first-order valence-electron chi connectivity index (χ1n) is 6.33. The second kappa shape index (κ2) is 7.93. The van der Waals surface area contributed by atoms with E-state index in [-0.39, 0.29) is 19.0 Å². The average molecular weight is 278 g/mol. The summed E-state index contributed by atoms with van der Waals surface area (Å²) in [6.45, 7) is 5.71. The van der Waals surface area contributed by atoms with Crippen LogP contribution < -0.4 is 5.32 Å². The predicted molar refractivity (Wildman–Crippen MR) is 74.9 cm³/mol. The van der Waals surface area contributed by atoms with Crippen LogP contribution in [0.3, 0.4) is 0 Å². The number of nitrogens with zero attached hydrogens (tertiary/aromatic N) is 1. The normalized spacial score (nSPS) is 10.8. The number of rotatable bonds is 3. The lowest BCUT2D eigenvalue weighted by Crippen LogP contribution is -2.32. The third-order valence-electron chi connectivity index (χ3n) is 2.26. The summed E-state index contributed by atoms with van der Waals surface area (Å²) in [7, 11) is 0. The zero-order valence-corrected chi connectivity index (χ0v) is 11.8. The van der Waals surface area contributed by atoms with E-state index in [0.29, 0.717) is 5.56 Å². The van der Waals surface area contributed by atoms with Crippen molar-refractivity contribution in [1.82, 2.24) is 5.32 Å². The van der Waals surface area contributed by atoms with E-state index in [9.17, 15) is 9.59 Å². The van der Waals surface area contributed by atoms with Gasteiger partial charge in [-0.1, -0.05) is 23.8 Å². The van der Waals surface area contributed by atoms with Gasteiger partial charge in [-0.2, -0.15) is 4.99 Å². The van der Waals surface area contributed by atoms with E-state index in [0.717, 1.165) is 5.56 Å². The number of amidine groups is 1. The fourth-order valence-electron chi connectivity index (χ4n) is 1.47. The summed E-state index contributed by atoms with van der Waals surface area (Å²) >= 11 is 0. The fourth-order valence-corrected chi connectivity index (χ4v) is 1.47. The number of hydrogen-bond donors (Lipinski definition) is 1. The third-order valence-corrected chi connectivity index (χ3v) is 2.26. The standard InChI is InChI=1S/C14H18N2O4/c1-4-19-13(17)15-12(16-14(18)20-5-2)11-8-6-7-10(3)9-11/h6-9H,4-5H2,1-3H3,(H,15,16,17,18). The fraction of sp³-hybridized carbons (Fsp3) is 0.357. The van der Waals surface area contributed by atoms with Crippen LogP contribution in [-0.4, -0.2) is 31.2 Å². The van der Waals surface area contributed by atoms with Gasteiger partial charge in [-0.25, -0.2) is 9.59 Å². The molecule has 0 aliphatic heterocycles. The van der Waals surface area contributed by atoms with Gasteiger partial charge in [-0.15, -0.1) is 0 Å². The van der Waals surface area contributed by atoms with Crippen LogP contribution in [0.15, 0.2) is 29.3 Å². The highest BCUT2D eigenvalue weighted by molar-refractivity contribution is 6.09. The molecule has 1 aromatic rings. The van der Waals surface area contributed by atoms with E-state index < -0.39 is 12.2 Å². The van der Waals surface area contributed by atoms with Crippen LogP contribution >= 0.6 is 0 Å². The zero-order valence-electron chi connectivity index (χ0n) is 11.8. The van der Waals surface area contributed by atoms with Crippen LogP contribution in [0, 0.1) is 6.92 Å². The minimum Gasteiger partial charge on any atom is -0.450 e. The maximum atomic E-state index is 11.5. The lowest BCUT2D eigenvalue weighted by molar-refractivity contribution is 0.157. The van der Waals surface area contributed by atoms with E-state index >= 15 is 0 Å². The van der Waals surface area contributed by atoms with Crippen molar-refractivity contribution >= 4 is 18.0 Å². The minimum absolute atomic E-state index is 0.102. The van der Waals surface area contributed by atoms with Crippen LogP contribution in [0.5, 0.6) is 0 Å². The molecule has 0 bridgehead atoms. The lowest BCUT2D eigenvalue weighted by atomic mass is 10.1. The second-order valence-electron chi connectivity index (χ2n) is 3.87. The van der Waals surface area contributed by atoms with Gasteiger partial charge in [0.05, 0.1) is 13.2 Å². The Balaban J connectivity index is 3.00. The van der Waals surface area contributed by atoms with Gasteiger partial charge >= 0.3 is 12.2 Å². The Kier molecular flexibility index (Phi) is 6.22. The molecule has 0 heterocycles. The number of carbonyl (C=O) groups is 2. The highest BCUT2D eigenvalue weighted by Crippen LogP contribution is 2.05. The summed E-state index contributed by atoms with van der Waals surface area (Å²) in [5.41, 5.74) is 1.58. The molecule has 1 N–H and O–H groups in total. The molecule has 0 radical (unpaired) electrons. The second-order valence-corrected chi connectivity index (χ2v) is 3.87. The molecule has 6 heteroatoms. The Labute approximate surface area is 117 Å². The Bertz CT molecular complexity index is 512. The summed E-state index contributed by atoms with van der Waals surface area (Å²) in [6.07, 6.45) is -1.43. The van der Waals surface area contributed by atoms with E-state index in [4.69, 9.17) is 9.47 Å². The first-order valence-corrected chi connectivity index (χ1v) is 6.33. The van der Waals surface area contributed by atoms with E-state index in [1.54, 1.807) is 32.0 Å². The molecule has 0 spiro atoms. The highest BCUT2D eigenvalue weighted by atomic mass is 16.6. The van der Waals surface area contributed by atoms with Crippen LogP contribution in [0.25, 0.3) is 0 Å². The molecule has 6 nitrogen and oxygen atoms in total. The molecule has 0 aliphatic rings. The number of alkyl carbamates (subject to hydrolysis) is 1. The first-order chi connectivity index (χ1) is 9.56. The Morgan fingerprint density at radius 2 is 1.90 bits per heavy atom. The SMILES string of the molecule is CCOC(=O)/N=C(\NC(=O)OCC)c1cccc(C)c1. The van der Waals surface area contributed by atoms with Crippen molar-refractivity contribution < 1.29 is 19.1 Å². The summed E-state index contributed by atoms with van der Waals surface area (Å²) in [5, 5.41) is 2.44. The molecule has 0 aliphatic carbocycles. The topological polar surface area (TPSA) is 77.0 Å². The molecule has 2 amide bonds. The number of carbonyl (C=O) groups excluding carboxylic acids is 2. The molecular formula is C14H18N2O4. The van der Waals surface area contributed by atoms with Crippen LogP contribution in [0.4, 0.5) is 9.59 Å². The lowest BCUT2D eigenvalue weighted by Gasteiger charge is -2.09. The number of ether oxygens (including phenoxy) is 2. The highest BCUT2D eigenvalue weighted by Gasteiger charge is 2.12. The maximum Gasteiger partial charge on any atom is 0.435 e. The van der Waals surface area contributed by atoms with E-state index in [1.807, 2.05) is 13.0 Å². The summed E-state index contributed by atoms with van der Waals surface area (Å²) in [4.78, 5) is 26.7.